The number of alkyl halides is 6. The Morgan fingerprint density at radius 3 is 2.02 bits per heavy atom. The van der Waals surface area contributed by atoms with Crippen LogP contribution in [0.5, 0.6) is 0 Å². The summed E-state index contributed by atoms with van der Waals surface area (Å²) in [5.41, 5.74) is -2.91. The van der Waals surface area contributed by atoms with Crippen LogP contribution in [0.4, 0.5) is 31.1 Å². The maximum absolute atomic E-state index is 13.5. The molecule has 0 radical (unpaired) electrons. The number of carbonyl (C=O) groups is 3. The van der Waals surface area contributed by atoms with E-state index in [0.717, 1.165) is 5.56 Å². The van der Waals surface area contributed by atoms with Gasteiger partial charge < -0.3 is 29.7 Å². The fourth-order valence-corrected chi connectivity index (χ4v) is 4.10. The lowest BCUT2D eigenvalue weighted by Crippen LogP contribution is -2.50. The molecular weight excluding hydrogens is 626 g/mol. The highest BCUT2D eigenvalue weighted by atomic mass is 19.4. The summed E-state index contributed by atoms with van der Waals surface area (Å²) in [6.07, 6.45) is -12.9. The van der Waals surface area contributed by atoms with Crippen LogP contribution >= 0.6 is 0 Å². The smallest absolute Gasteiger partial charge is 0.416 e. The van der Waals surface area contributed by atoms with Crippen LogP contribution in [0.2, 0.25) is 0 Å². The predicted molar refractivity (Wildman–Crippen MR) is 150 cm³/mol. The molecule has 0 heterocycles. The van der Waals surface area contributed by atoms with Crippen molar-refractivity contribution in [2.45, 2.75) is 64.5 Å². The first-order chi connectivity index (χ1) is 21.7. The highest BCUT2D eigenvalue weighted by Gasteiger charge is 2.37. The Hall–Kier alpha value is -4.36. The minimum atomic E-state index is -5.07. The number of benzene rings is 2. The van der Waals surface area contributed by atoms with E-state index in [0.29, 0.717) is 25.3 Å². The topological polar surface area (TPSA) is 130 Å². The Kier molecular flexibility index (Phi) is 14.8. The normalized spacial score (nSPS) is 12.3. The van der Waals surface area contributed by atoms with Crippen molar-refractivity contribution >= 4 is 17.9 Å². The van der Waals surface area contributed by atoms with Gasteiger partial charge in [-0.25, -0.2) is 4.79 Å². The van der Waals surface area contributed by atoms with Crippen LogP contribution in [0.1, 0.15) is 48.9 Å². The molecule has 0 spiro atoms. The molecule has 0 saturated carbocycles. The molecule has 0 aromatic heterocycles. The average molecular weight is 661 g/mol. The van der Waals surface area contributed by atoms with Crippen molar-refractivity contribution in [1.29, 1.82) is 5.26 Å². The number of carbonyl (C=O) groups excluding carboxylic acids is 3. The zero-order valence-electron chi connectivity index (χ0n) is 25.0. The molecule has 1 unspecified atom stereocenters. The molecule has 2 aromatic rings. The van der Waals surface area contributed by atoms with Crippen molar-refractivity contribution in [3.63, 3.8) is 0 Å². The molecule has 2 N–H and O–H groups in total. The first-order valence-corrected chi connectivity index (χ1v) is 14.1. The summed E-state index contributed by atoms with van der Waals surface area (Å²) in [6.45, 7) is 2.97. The minimum Gasteiger partial charge on any atom is -0.445 e. The number of alkyl carbamates (subject to hydrolysis) is 1. The second kappa shape index (κ2) is 18.0. The van der Waals surface area contributed by atoms with E-state index >= 15 is 0 Å². The van der Waals surface area contributed by atoms with E-state index in [1.807, 2.05) is 6.07 Å². The Labute approximate surface area is 261 Å². The summed E-state index contributed by atoms with van der Waals surface area (Å²) in [4.78, 5) is 39.5. The van der Waals surface area contributed by atoms with Crippen LogP contribution in [0.25, 0.3) is 0 Å². The second-order valence-electron chi connectivity index (χ2n) is 9.69. The lowest BCUT2D eigenvalue weighted by Gasteiger charge is -2.30. The van der Waals surface area contributed by atoms with Crippen molar-refractivity contribution in [3.05, 3.63) is 70.8 Å². The second-order valence-corrected chi connectivity index (χ2v) is 9.69. The first kappa shape index (κ1) is 37.8. The number of ether oxygens (including phenoxy) is 3. The summed E-state index contributed by atoms with van der Waals surface area (Å²) in [5, 5.41) is 13.9. The molecule has 0 aliphatic rings. The number of hydrogen-bond donors (Lipinski definition) is 2. The van der Waals surface area contributed by atoms with E-state index in [1.165, 1.54) is 4.90 Å². The Morgan fingerprint density at radius 1 is 0.913 bits per heavy atom. The molecule has 0 aliphatic carbocycles. The molecule has 16 heteroatoms. The SMILES string of the molecule is CCOC(CN(Cc1ccccc1)C(=O)C(CC#N)NC(=O)CCNC(=O)OCc1cc(C(F)(F)F)cc(C(F)(F)F)c1)OCC. The van der Waals surface area contributed by atoms with Gasteiger partial charge in [-0.1, -0.05) is 30.3 Å². The summed E-state index contributed by atoms with van der Waals surface area (Å²) in [6, 6.07) is 10.3. The molecular formula is C30H34F6N4O6. The van der Waals surface area contributed by atoms with Crippen LogP contribution in [0, 0.1) is 11.3 Å². The monoisotopic (exact) mass is 660 g/mol. The van der Waals surface area contributed by atoms with Gasteiger partial charge in [0.25, 0.3) is 0 Å². The number of nitrogens with one attached hydrogen (secondary N) is 2. The minimum absolute atomic E-state index is 0.00303. The van der Waals surface area contributed by atoms with Gasteiger partial charge in [-0.2, -0.15) is 31.6 Å². The van der Waals surface area contributed by atoms with Gasteiger partial charge in [0.2, 0.25) is 11.8 Å². The maximum atomic E-state index is 13.5. The fraction of sp³-hybridized carbons (Fsp3) is 0.467. The average Bonchev–Trinajstić information content (AvgIpc) is 2.99. The lowest BCUT2D eigenvalue weighted by molar-refractivity contribution is -0.161. The number of amides is 3. The molecule has 2 rings (SSSR count). The Morgan fingerprint density at radius 2 is 1.50 bits per heavy atom. The van der Waals surface area contributed by atoms with E-state index in [2.05, 4.69) is 10.6 Å². The standard InChI is InChI=1S/C30H34F6N4O6/c1-3-44-26(45-4-2)18-40(17-20-8-6-5-7-9-20)27(42)24(10-12-37)39-25(41)11-13-38-28(43)46-19-21-14-22(29(31,32)33)16-23(15-21)30(34,35)36/h5-9,14-16,24,26H,3-4,10-11,13,17-19H2,1-2H3,(H,38,43)(H,39,41). The van der Waals surface area contributed by atoms with Crippen LogP contribution < -0.4 is 10.6 Å². The van der Waals surface area contributed by atoms with Gasteiger partial charge in [0.05, 0.1) is 30.2 Å². The molecule has 0 fully saturated rings. The molecule has 2 aromatic carbocycles. The molecule has 46 heavy (non-hydrogen) atoms. The highest BCUT2D eigenvalue weighted by Crippen LogP contribution is 2.36. The highest BCUT2D eigenvalue weighted by molar-refractivity contribution is 5.88. The van der Waals surface area contributed by atoms with E-state index in [-0.39, 0.29) is 32.1 Å². The van der Waals surface area contributed by atoms with E-state index < -0.39 is 72.3 Å². The number of rotatable bonds is 16. The summed E-state index contributed by atoms with van der Waals surface area (Å²) >= 11 is 0. The number of hydrogen-bond acceptors (Lipinski definition) is 7. The Bertz CT molecular complexity index is 1300. The molecule has 3 amide bonds. The van der Waals surface area contributed by atoms with E-state index in [9.17, 15) is 46.0 Å². The van der Waals surface area contributed by atoms with Gasteiger partial charge >= 0.3 is 18.4 Å². The molecule has 252 valence electrons. The number of nitriles is 1. The maximum Gasteiger partial charge on any atom is 0.416 e. The summed E-state index contributed by atoms with van der Waals surface area (Å²) < 4.78 is 94.1. The van der Waals surface area contributed by atoms with Gasteiger partial charge in [0.1, 0.15) is 12.6 Å². The van der Waals surface area contributed by atoms with Crippen molar-refractivity contribution in [2.24, 2.45) is 0 Å². The molecule has 0 saturated heterocycles. The third-order valence-electron chi connectivity index (χ3n) is 6.17. The summed E-state index contributed by atoms with van der Waals surface area (Å²) in [7, 11) is 0. The zero-order valence-corrected chi connectivity index (χ0v) is 25.0. The predicted octanol–water partition coefficient (Wildman–Crippen LogP) is 5.17. The molecule has 0 aliphatic heterocycles. The van der Waals surface area contributed by atoms with Crippen molar-refractivity contribution in [2.75, 3.05) is 26.3 Å². The molecule has 10 nitrogen and oxygen atoms in total. The van der Waals surface area contributed by atoms with E-state index in [1.54, 1.807) is 44.2 Å². The van der Waals surface area contributed by atoms with Crippen LogP contribution in [0.15, 0.2) is 48.5 Å². The zero-order chi connectivity index (χ0) is 34.3. The van der Waals surface area contributed by atoms with Gasteiger partial charge in [-0.15, -0.1) is 0 Å². The van der Waals surface area contributed by atoms with Crippen LogP contribution in [-0.4, -0.2) is 61.4 Å². The van der Waals surface area contributed by atoms with Crippen molar-refractivity contribution < 1.29 is 54.9 Å². The van der Waals surface area contributed by atoms with Crippen molar-refractivity contribution in [1.82, 2.24) is 15.5 Å². The van der Waals surface area contributed by atoms with E-state index in [4.69, 9.17) is 14.2 Å². The third-order valence-corrected chi connectivity index (χ3v) is 6.17. The largest absolute Gasteiger partial charge is 0.445 e. The third kappa shape index (κ3) is 12.9. The fourth-order valence-electron chi connectivity index (χ4n) is 4.10. The molecule has 0 bridgehead atoms. The van der Waals surface area contributed by atoms with Gasteiger partial charge in [0, 0.05) is 32.7 Å². The van der Waals surface area contributed by atoms with Crippen LogP contribution in [-0.2, 0) is 49.3 Å². The van der Waals surface area contributed by atoms with Gasteiger partial charge in [-0.3, -0.25) is 9.59 Å². The summed E-state index contributed by atoms with van der Waals surface area (Å²) in [5.74, 6) is -1.32. The van der Waals surface area contributed by atoms with Gasteiger partial charge in [0.15, 0.2) is 6.29 Å². The molecule has 1 atom stereocenters. The Balaban J connectivity index is 2.00. The van der Waals surface area contributed by atoms with Gasteiger partial charge in [-0.05, 0) is 43.2 Å². The first-order valence-electron chi connectivity index (χ1n) is 14.1. The number of nitrogens with zero attached hydrogens (tertiary/aromatic N) is 2. The van der Waals surface area contributed by atoms with Crippen molar-refractivity contribution in [3.8, 4) is 6.07 Å². The quantitative estimate of drug-likeness (QED) is 0.188. The number of halogens is 6. The lowest BCUT2D eigenvalue weighted by atomic mass is 10.1. The van der Waals surface area contributed by atoms with Crippen LogP contribution in [0.3, 0.4) is 0 Å².